The third kappa shape index (κ3) is 8.01. The molecule has 5 rings (SSSR count). The number of alkyl halides is 3. The summed E-state index contributed by atoms with van der Waals surface area (Å²) in [6, 6.07) is 9.16. The maximum atomic E-state index is 15.4. The Kier molecular flexibility index (Phi) is 15.1. The first-order valence-corrected chi connectivity index (χ1v) is 19.9. The van der Waals surface area contributed by atoms with Crippen molar-refractivity contribution in [3.05, 3.63) is 152 Å². The van der Waals surface area contributed by atoms with Gasteiger partial charge in [-0.25, -0.2) is 87.8 Å². The van der Waals surface area contributed by atoms with Gasteiger partial charge in [0.2, 0.25) is 0 Å². The van der Waals surface area contributed by atoms with E-state index in [2.05, 4.69) is 0 Å². The summed E-state index contributed by atoms with van der Waals surface area (Å²) < 4.78 is 294. The van der Waals surface area contributed by atoms with Gasteiger partial charge in [-0.15, -0.1) is 21.9 Å². The minimum Gasteiger partial charge on any atom is -0.290 e. The standard InChI is InChI=1S/C24BF20.C11H13Cl3OP/c26-5-1(6(27)14(35)21(42)13(5)34)25(2-7(28)15(36)22(43)16(37)8(2)29,3-9(30)17(38)23(44)18(39)10(3)31)4-11(32)19(40)24(45)20(41)12(4)33;12-7-16(8-13,9-14)6-11(15)10-4-2-1-3-5-10/h;1-5H,6-9H2/q-1;+1. The van der Waals surface area contributed by atoms with Crippen LogP contribution in [0.5, 0.6) is 0 Å². The van der Waals surface area contributed by atoms with Crippen LogP contribution in [0, 0.1) is 116 Å². The number of carbonyl (C=O) groups excluding carboxylic acids is 1. The van der Waals surface area contributed by atoms with Crippen LogP contribution in [0.3, 0.4) is 0 Å². The van der Waals surface area contributed by atoms with E-state index in [9.17, 15) is 57.5 Å². The van der Waals surface area contributed by atoms with E-state index in [1.807, 2.05) is 18.2 Å². The molecule has 5 aromatic rings. The third-order valence-electron chi connectivity index (χ3n) is 9.04. The second kappa shape index (κ2) is 18.6. The van der Waals surface area contributed by atoms with Gasteiger partial charge in [0.05, 0.1) is 7.26 Å². The zero-order valence-electron chi connectivity index (χ0n) is 28.8. The Morgan fingerprint density at radius 3 is 0.754 bits per heavy atom. The van der Waals surface area contributed by atoms with Crippen molar-refractivity contribution in [1.29, 1.82) is 0 Å². The molecule has 0 aliphatic heterocycles. The van der Waals surface area contributed by atoms with Gasteiger partial charge in [0.15, 0.2) is 75.6 Å². The Bertz CT molecular complexity index is 2170. The lowest BCUT2D eigenvalue weighted by atomic mass is 9.12. The van der Waals surface area contributed by atoms with Crippen molar-refractivity contribution in [2.24, 2.45) is 0 Å². The molecule has 0 amide bonds. The summed E-state index contributed by atoms with van der Waals surface area (Å²) in [6.07, 6.45) is -6.82. The topological polar surface area (TPSA) is 17.1 Å². The number of benzene rings is 5. The van der Waals surface area contributed by atoms with Crippen LogP contribution in [0.15, 0.2) is 30.3 Å². The summed E-state index contributed by atoms with van der Waals surface area (Å²) in [5.41, 5.74) is -12.4. The summed E-state index contributed by atoms with van der Waals surface area (Å²) in [7, 11) is -1.71. The Morgan fingerprint density at radius 1 is 0.361 bits per heavy atom. The SMILES string of the molecule is Fc1c(F)c(F)c([B-](c2c(F)c(F)c(F)c(F)c2F)(c2c(F)c(F)c(F)c(F)c2F)c2c(F)c(F)c(F)c(F)c2F)c(F)c1F.O=C(C[P+](CCl)(CCl)CCl)c1ccccc1. The third-order valence-corrected chi connectivity index (χ3v) is 16.1. The highest BCUT2D eigenvalue weighted by molar-refractivity contribution is 7.80. The number of hydrogen-bond donors (Lipinski definition) is 0. The summed E-state index contributed by atoms with van der Waals surface area (Å²) in [6.45, 7) is 0. The van der Waals surface area contributed by atoms with Crippen molar-refractivity contribution in [1.82, 2.24) is 0 Å². The fourth-order valence-corrected chi connectivity index (χ4v) is 10.4. The molecule has 0 aliphatic rings. The lowest BCUT2D eigenvalue weighted by Crippen LogP contribution is -2.81. The largest absolute Gasteiger partial charge is 0.290 e. The number of Topliss-reactive ketones (excluding diaryl/α,β-unsaturated/α-hetero) is 1. The van der Waals surface area contributed by atoms with Crippen LogP contribution in [0.1, 0.15) is 10.4 Å². The Labute approximate surface area is 343 Å². The highest BCUT2D eigenvalue weighted by Gasteiger charge is 2.52. The normalized spacial score (nSPS) is 11.9. The second-order valence-electron chi connectivity index (χ2n) is 12.4. The van der Waals surface area contributed by atoms with E-state index in [4.69, 9.17) is 34.8 Å². The highest BCUT2D eigenvalue weighted by atomic mass is 35.5. The van der Waals surface area contributed by atoms with Gasteiger partial charge in [-0.05, 0) is 0 Å². The molecular weight excluding hydrogens is 964 g/mol. The van der Waals surface area contributed by atoms with Crippen molar-refractivity contribution in [3.63, 3.8) is 0 Å². The van der Waals surface area contributed by atoms with Crippen LogP contribution in [-0.4, -0.2) is 35.0 Å². The molecule has 0 heterocycles. The predicted molar refractivity (Wildman–Crippen MR) is 184 cm³/mol. The summed E-state index contributed by atoms with van der Waals surface area (Å²) in [4.78, 5) is 12.0. The molecule has 0 atom stereocenters. The lowest BCUT2D eigenvalue weighted by Gasteiger charge is -2.44. The molecule has 0 bridgehead atoms. The van der Waals surface area contributed by atoms with Crippen molar-refractivity contribution in [2.75, 3.05) is 23.0 Å². The van der Waals surface area contributed by atoms with E-state index in [1.165, 1.54) is 0 Å². The van der Waals surface area contributed by atoms with Crippen molar-refractivity contribution >= 4 is 75.8 Å². The first-order valence-electron chi connectivity index (χ1n) is 15.7. The Balaban J connectivity index is 0.000000430. The van der Waals surface area contributed by atoms with Gasteiger partial charge in [-0.3, -0.25) is 4.79 Å². The lowest BCUT2D eigenvalue weighted by molar-refractivity contribution is 0.102. The molecule has 26 heteroatoms. The Hall–Kier alpha value is -4.27. The number of carbonyl (C=O) groups is 1. The maximum absolute atomic E-state index is 15.4. The molecule has 0 saturated heterocycles. The molecule has 0 spiro atoms. The molecule has 0 unspecified atom stereocenters. The van der Waals surface area contributed by atoms with Gasteiger partial charge in [0, 0.05) is 5.56 Å². The van der Waals surface area contributed by atoms with E-state index in [0.717, 1.165) is 0 Å². The maximum Gasteiger partial charge on any atom is 0.200 e. The van der Waals surface area contributed by atoms with E-state index in [-0.39, 0.29) is 5.78 Å². The van der Waals surface area contributed by atoms with E-state index in [0.29, 0.717) is 28.6 Å². The average molecular weight is 978 g/mol. The van der Waals surface area contributed by atoms with Gasteiger partial charge in [0.25, 0.3) is 0 Å². The molecule has 0 N–H and O–H groups in total. The highest BCUT2D eigenvalue weighted by Crippen LogP contribution is 2.61. The molecule has 61 heavy (non-hydrogen) atoms. The first kappa shape index (κ1) is 49.4. The quantitative estimate of drug-likeness (QED) is 0.0259. The van der Waals surface area contributed by atoms with Gasteiger partial charge in [-0.1, -0.05) is 65.1 Å². The van der Waals surface area contributed by atoms with Crippen molar-refractivity contribution in [3.8, 4) is 0 Å². The summed E-state index contributed by atoms with van der Waals surface area (Å²) in [5, 5.41) is 0. The summed E-state index contributed by atoms with van der Waals surface area (Å²) in [5.74, 6) is -71.3. The van der Waals surface area contributed by atoms with Gasteiger partial charge in [0.1, 0.15) is 75.7 Å². The Morgan fingerprint density at radius 2 is 0.557 bits per heavy atom. The van der Waals surface area contributed by atoms with Crippen LogP contribution in [0.2, 0.25) is 0 Å². The zero-order chi connectivity index (χ0) is 46.4. The number of hydrogen-bond acceptors (Lipinski definition) is 1. The minimum atomic E-state index is -7.22. The molecule has 0 saturated carbocycles. The first-order chi connectivity index (χ1) is 28.4. The predicted octanol–water partition coefficient (Wildman–Crippen LogP) is 10.3. The molecule has 0 fully saturated rings. The van der Waals surface area contributed by atoms with Gasteiger partial charge >= 0.3 is 0 Å². The molecular formula is C35H13BCl3F20OP. The van der Waals surface area contributed by atoms with Crippen LogP contribution in [-0.2, 0) is 0 Å². The van der Waals surface area contributed by atoms with E-state index < -0.39 is 152 Å². The molecule has 0 aromatic heterocycles. The number of ketones is 1. The van der Waals surface area contributed by atoms with Gasteiger partial charge in [-0.2, -0.15) is 0 Å². The minimum absolute atomic E-state index is 0.0795. The second-order valence-corrected chi connectivity index (χ2v) is 18.3. The van der Waals surface area contributed by atoms with E-state index >= 15 is 35.1 Å². The van der Waals surface area contributed by atoms with Crippen molar-refractivity contribution in [2.45, 2.75) is 0 Å². The van der Waals surface area contributed by atoms with E-state index in [1.54, 1.807) is 12.1 Å². The number of halogens is 23. The summed E-state index contributed by atoms with van der Waals surface area (Å²) >= 11 is 17.7. The van der Waals surface area contributed by atoms with Crippen LogP contribution in [0.4, 0.5) is 87.8 Å². The fraction of sp³-hybridized carbons (Fsp3) is 0.114. The molecule has 0 radical (unpaired) electrons. The zero-order valence-corrected chi connectivity index (χ0v) is 32.0. The van der Waals surface area contributed by atoms with Crippen LogP contribution >= 0.6 is 42.1 Å². The molecule has 5 aromatic carbocycles. The van der Waals surface area contributed by atoms with Crippen LogP contribution < -0.4 is 21.9 Å². The van der Waals surface area contributed by atoms with Crippen LogP contribution in [0.25, 0.3) is 0 Å². The van der Waals surface area contributed by atoms with Crippen molar-refractivity contribution < 1.29 is 92.6 Å². The fourth-order valence-electron chi connectivity index (χ4n) is 6.12. The number of rotatable bonds is 10. The smallest absolute Gasteiger partial charge is 0.200 e. The molecule has 328 valence electrons. The molecule has 0 aliphatic carbocycles. The molecule has 1 nitrogen and oxygen atoms in total. The monoisotopic (exact) mass is 976 g/mol. The average Bonchev–Trinajstić information content (AvgIpc) is 3.25. The van der Waals surface area contributed by atoms with Gasteiger partial charge < -0.3 is 0 Å².